The van der Waals surface area contributed by atoms with Crippen LogP contribution in [0.15, 0.2) is 0 Å². The van der Waals surface area contributed by atoms with Crippen molar-refractivity contribution in [3.05, 3.63) is 0 Å². The lowest BCUT2D eigenvalue weighted by molar-refractivity contribution is 0.0135. The number of aliphatic hydroxyl groups is 1. The molecule has 2 unspecified atom stereocenters. The molecular weight excluding hydrogens is 194 g/mol. The third kappa shape index (κ3) is 4.93. The van der Waals surface area contributed by atoms with E-state index in [-0.39, 0.29) is 0 Å². The van der Waals surface area contributed by atoms with Gasteiger partial charge in [0.2, 0.25) is 0 Å². The minimum absolute atomic E-state index is 0.378. The summed E-state index contributed by atoms with van der Waals surface area (Å²) in [5.41, 5.74) is 0.413. The first-order valence-electron chi connectivity index (χ1n) is 5.54. The first kappa shape index (κ1) is 12.9. The monoisotopic (exact) mass is 217 g/mol. The van der Waals surface area contributed by atoms with E-state index in [0.717, 1.165) is 0 Å². The Balaban J connectivity index is 1.92. The van der Waals surface area contributed by atoms with Gasteiger partial charge in [-0.05, 0) is 11.8 Å². The van der Waals surface area contributed by atoms with Crippen molar-refractivity contribution in [1.82, 2.24) is 5.32 Å². The van der Waals surface area contributed by atoms with Crippen molar-refractivity contribution in [3.8, 4) is 0 Å². The van der Waals surface area contributed by atoms with Crippen LogP contribution in [0.1, 0.15) is 20.3 Å². The molecule has 2 atom stereocenters. The van der Waals surface area contributed by atoms with Crippen molar-refractivity contribution < 1.29 is 14.6 Å². The van der Waals surface area contributed by atoms with E-state index >= 15 is 0 Å². The molecule has 0 saturated heterocycles. The summed E-state index contributed by atoms with van der Waals surface area (Å²) in [5.74, 6) is 0. The average molecular weight is 217 g/mol. The van der Waals surface area contributed by atoms with E-state index in [9.17, 15) is 5.11 Å². The van der Waals surface area contributed by atoms with Crippen LogP contribution >= 0.6 is 0 Å². The molecule has 1 aliphatic rings. The Hall–Kier alpha value is -0.160. The van der Waals surface area contributed by atoms with E-state index in [0.29, 0.717) is 37.8 Å². The van der Waals surface area contributed by atoms with E-state index < -0.39 is 6.10 Å². The second-order valence-corrected chi connectivity index (χ2v) is 4.88. The lowest BCUT2D eigenvalue weighted by Gasteiger charge is -2.13. The number of hydrogen-bond acceptors (Lipinski definition) is 4. The van der Waals surface area contributed by atoms with Gasteiger partial charge in [0, 0.05) is 19.7 Å². The second kappa shape index (κ2) is 5.80. The van der Waals surface area contributed by atoms with Crippen LogP contribution in [-0.2, 0) is 9.47 Å². The van der Waals surface area contributed by atoms with Crippen molar-refractivity contribution in [1.29, 1.82) is 0 Å². The molecule has 4 heteroatoms. The van der Waals surface area contributed by atoms with E-state index in [2.05, 4.69) is 19.2 Å². The number of hydrogen-bond donors (Lipinski definition) is 2. The highest BCUT2D eigenvalue weighted by molar-refractivity contribution is 5.01. The van der Waals surface area contributed by atoms with Crippen molar-refractivity contribution in [2.75, 3.05) is 33.5 Å². The molecular formula is C11H23NO3. The maximum absolute atomic E-state index is 9.57. The van der Waals surface area contributed by atoms with E-state index in [1.54, 1.807) is 7.11 Å². The molecule has 2 N–H and O–H groups in total. The molecule has 1 saturated carbocycles. The van der Waals surface area contributed by atoms with Gasteiger partial charge in [0.15, 0.2) is 0 Å². The van der Waals surface area contributed by atoms with Crippen LogP contribution in [0.2, 0.25) is 0 Å². The molecule has 0 bridgehead atoms. The Labute approximate surface area is 92.0 Å². The number of nitrogens with one attached hydrogen (secondary N) is 1. The van der Waals surface area contributed by atoms with Crippen molar-refractivity contribution in [3.63, 3.8) is 0 Å². The van der Waals surface area contributed by atoms with Crippen LogP contribution in [0.5, 0.6) is 0 Å². The molecule has 1 rings (SSSR count). The fourth-order valence-corrected chi connectivity index (χ4v) is 1.51. The van der Waals surface area contributed by atoms with Gasteiger partial charge in [-0.3, -0.25) is 0 Å². The second-order valence-electron chi connectivity index (χ2n) is 4.88. The maximum Gasteiger partial charge on any atom is 0.0897 e. The van der Waals surface area contributed by atoms with Gasteiger partial charge in [0.1, 0.15) is 0 Å². The molecule has 0 heterocycles. The lowest BCUT2D eigenvalue weighted by Crippen LogP contribution is -2.33. The summed E-state index contributed by atoms with van der Waals surface area (Å²) < 4.78 is 10.1. The standard InChI is InChI=1S/C11H23NO3/c1-11(2)6-10(11)12-7-9(13)8-15-5-4-14-3/h9-10,12-13H,4-8H2,1-3H3. The Kier molecular flexibility index (Phi) is 4.99. The van der Waals surface area contributed by atoms with Crippen LogP contribution in [0.3, 0.4) is 0 Å². The van der Waals surface area contributed by atoms with Crippen LogP contribution < -0.4 is 5.32 Å². The van der Waals surface area contributed by atoms with Crippen molar-refractivity contribution in [2.45, 2.75) is 32.4 Å². The predicted molar refractivity (Wildman–Crippen MR) is 58.9 cm³/mol. The van der Waals surface area contributed by atoms with Gasteiger partial charge in [0.25, 0.3) is 0 Å². The van der Waals surface area contributed by atoms with Gasteiger partial charge >= 0.3 is 0 Å². The fraction of sp³-hybridized carbons (Fsp3) is 1.00. The molecule has 0 spiro atoms. The topological polar surface area (TPSA) is 50.7 Å². The molecule has 0 aromatic rings. The summed E-state index contributed by atoms with van der Waals surface area (Å²) >= 11 is 0. The molecule has 90 valence electrons. The SMILES string of the molecule is COCCOCC(O)CNC1CC1(C)C. The summed E-state index contributed by atoms with van der Waals surface area (Å²) in [5, 5.41) is 12.9. The van der Waals surface area contributed by atoms with Gasteiger partial charge in [0.05, 0.1) is 25.9 Å². The number of methoxy groups -OCH3 is 1. The number of ether oxygens (including phenoxy) is 2. The highest BCUT2D eigenvalue weighted by Gasteiger charge is 2.45. The largest absolute Gasteiger partial charge is 0.389 e. The van der Waals surface area contributed by atoms with Crippen LogP contribution in [0, 0.1) is 5.41 Å². The maximum atomic E-state index is 9.57. The zero-order valence-corrected chi connectivity index (χ0v) is 9.95. The smallest absolute Gasteiger partial charge is 0.0897 e. The normalized spacial score (nSPS) is 25.2. The van der Waals surface area contributed by atoms with Crippen LogP contribution in [0.25, 0.3) is 0 Å². The Morgan fingerprint density at radius 2 is 2.13 bits per heavy atom. The summed E-state index contributed by atoms with van der Waals surface area (Å²) in [7, 11) is 1.64. The Morgan fingerprint density at radius 3 is 2.67 bits per heavy atom. The molecule has 15 heavy (non-hydrogen) atoms. The van der Waals surface area contributed by atoms with Gasteiger partial charge in [-0.15, -0.1) is 0 Å². The predicted octanol–water partition coefficient (Wildman–Crippen LogP) is 0.398. The summed E-state index contributed by atoms with van der Waals surface area (Å²) in [6.45, 7) is 6.57. The third-order valence-corrected chi connectivity index (χ3v) is 2.86. The van der Waals surface area contributed by atoms with E-state index in [4.69, 9.17) is 9.47 Å². The van der Waals surface area contributed by atoms with Gasteiger partial charge in [-0.1, -0.05) is 13.8 Å². The highest BCUT2D eigenvalue weighted by atomic mass is 16.5. The number of rotatable bonds is 8. The van der Waals surface area contributed by atoms with Crippen molar-refractivity contribution in [2.24, 2.45) is 5.41 Å². The molecule has 1 fully saturated rings. The summed E-state index contributed by atoms with van der Waals surface area (Å²) in [6, 6.07) is 0.561. The van der Waals surface area contributed by atoms with Crippen LogP contribution in [0.4, 0.5) is 0 Å². The first-order chi connectivity index (χ1) is 7.06. The lowest BCUT2D eigenvalue weighted by atomic mass is 10.2. The number of aliphatic hydroxyl groups excluding tert-OH is 1. The molecule has 0 radical (unpaired) electrons. The zero-order chi connectivity index (χ0) is 11.3. The Morgan fingerprint density at radius 1 is 1.47 bits per heavy atom. The molecule has 1 aliphatic carbocycles. The average Bonchev–Trinajstić information content (AvgIpc) is 2.78. The Bertz CT molecular complexity index is 185. The van der Waals surface area contributed by atoms with Gasteiger partial charge < -0.3 is 19.9 Å². The fourth-order valence-electron chi connectivity index (χ4n) is 1.51. The molecule has 0 aliphatic heterocycles. The molecule has 0 amide bonds. The van der Waals surface area contributed by atoms with E-state index in [1.165, 1.54) is 6.42 Å². The molecule has 4 nitrogen and oxygen atoms in total. The quantitative estimate of drug-likeness (QED) is 0.578. The molecule has 0 aromatic carbocycles. The minimum atomic E-state index is -0.418. The van der Waals surface area contributed by atoms with Crippen molar-refractivity contribution >= 4 is 0 Å². The van der Waals surface area contributed by atoms with Crippen LogP contribution in [-0.4, -0.2) is 50.7 Å². The van der Waals surface area contributed by atoms with E-state index in [1.807, 2.05) is 0 Å². The zero-order valence-electron chi connectivity index (χ0n) is 9.95. The van der Waals surface area contributed by atoms with Gasteiger partial charge in [-0.2, -0.15) is 0 Å². The van der Waals surface area contributed by atoms with Gasteiger partial charge in [-0.25, -0.2) is 0 Å². The summed E-state index contributed by atoms with van der Waals surface area (Å²) in [6.07, 6.45) is 0.780. The minimum Gasteiger partial charge on any atom is -0.389 e. The third-order valence-electron chi connectivity index (χ3n) is 2.86. The summed E-state index contributed by atoms with van der Waals surface area (Å²) in [4.78, 5) is 0. The first-order valence-corrected chi connectivity index (χ1v) is 5.54. The highest BCUT2D eigenvalue weighted by Crippen LogP contribution is 2.44. The molecule has 0 aromatic heterocycles.